The summed E-state index contributed by atoms with van der Waals surface area (Å²) in [4.78, 5) is 2.25. The summed E-state index contributed by atoms with van der Waals surface area (Å²) >= 11 is 3.47. The second-order valence-corrected chi connectivity index (χ2v) is 6.01. The largest absolute Gasteiger partial charge is 0.369 e. The van der Waals surface area contributed by atoms with E-state index in [0.717, 1.165) is 35.6 Å². The molecule has 1 unspecified atom stereocenters. The molecule has 3 heteroatoms. The maximum atomic E-state index is 14.1. The Morgan fingerprint density at radius 2 is 2.16 bits per heavy atom. The van der Waals surface area contributed by atoms with Crippen LogP contribution in [0.4, 0.5) is 10.1 Å². The van der Waals surface area contributed by atoms with E-state index in [4.69, 9.17) is 0 Å². The molecule has 0 radical (unpaired) electrons. The number of halogens is 2. The molecule has 0 N–H and O–H groups in total. The van der Waals surface area contributed by atoms with Crippen LogP contribution in [0, 0.1) is 11.7 Å². The first-order valence-electron chi connectivity index (χ1n) is 7.34. The molecule has 0 aliphatic carbocycles. The van der Waals surface area contributed by atoms with Gasteiger partial charge in [-0.25, -0.2) is 4.39 Å². The topological polar surface area (TPSA) is 3.24 Å². The molecule has 1 atom stereocenters. The van der Waals surface area contributed by atoms with E-state index in [9.17, 15) is 4.39 Å². The van der Waals surface area contributed by atoms with Gasteiger partial charge in [0, 0.05) is 18.4 Å². The number of nitrogens with zero attached hydrogens (tertiary/aromatic N) is 1. The lowest BCUT2D eigenvalue weighted by atomic mass is 9.96. The molecule has 0 saturated carbocycles. The summed E-state index contributed by atoms with van der Waals surface area (Å²) in [5.74, 6) is 0.750. The van der Waals surface area contributed by atoms with E-state index < -0.39 is 0 Å². The Morgan fingerprint density at radius 3 is 2.89 bits per heavy atom. The molecule has 1 aromatic rings. The number of anilines is 1. The second kappa shape index (κ2) is 7.28. The van der Waals surface area contributed by atoms with E-state index in [-0.39, 0.29) is 5.82 Å². The van der Waals surface area contributed by atoms with Gasteiger partial charge in [-0.15, -0.1) is 0 Å². The highest BCUT2D eigenvalue weighted by atomic mass is 79.9. The Balaban J connectivity index is 2.14. The van der Waals surface area contributed by atoms with Crippen molar-refractivity contribution in [3.8, 4) is 0 Å². The zero-order valence-corrected chi connectivity index (χ0v) is 13.3. The Morgan fingerprint density at radius 1 is 1.32 bits per heavy atom. The van der Waals surface area contributed by atoms with Crippen molar-refractivity contribution in [3.63, 3.8) is 0 Å². The third kappa shape index (κ3) is 3.71. The number of hydrogen-bond acceptors (Lipinski definition) is 1. The van der Waals surface area contributed by atoms with Crippen LogP contribution in [0.2, 0.25) is 0 Å². The molecular weight excluding hydrogens is 305 g/mol. The normalized spacial score (nSPS) is 20.4. The monoisotopic (exact) mass is 327 g/mol. The van der Waals surface area contributed by atoms with Crippen molar-refractivity contribution in [1.82, 2.24) is 0 Å². The molecule has 1 aromatic carbocycles. The lowest BCUT2D eigenvalue weighted by molar-refractivity contribution is 0.435. The first-order valence-corrected chi connectivity index (χ1v) is 8.46. The molecule has 19 heavy (non-hydrogen) atoms. The van der Waals surface area contributed by atoms with Crippen LogP contribution in [-0.2, 0) is 5.33 Å². The summed E-state index contributed by atoms with van der Waals surface area (Å²) in [5, 5.41) is 0.717. The molecule has 1 saturated heterocycles. The molecule has 1 nitrogen and oxygen atoms in total. The highest BCUT2D eigenvalue weighted by molar-refractivity contribution is 9.08. The summed E-state index contributed by atoms with van der Waals surface area (Å²) in [5.41, 5.74) is 1.88. The van der Waals surface area contributed by atoms with Gasteiger partial charge in [0.25, 0.3) is 0 Å². The minimum Gasteiger partial charge on any atom is -0.369 e. The van der Waals surface area contributed by atoms with E-state index in [1.807, 2.05) is 6.07 Å². The maximum Gasteiger partial charge on any atom is 0.146 e. The van der Waals surface area contributed by atoms with Crippen LogP contribution in [0.15, 0.2) is 18.2 Å². The fourth-order valence-electron chi connectivity index (χ4n) is 3.11. The molecule has 1 heterocycles. The Labute approximate surface area is 124 Å². The Kier molecular flexibility index (Phi) is 5.68. The van der Waals surface area contributed by atoms with Gasteiger partial charge in [0.15, 0.2) is 0 Å². The number of para-hydroxylation sites is 1. The van der Waals surface area contributed by atoms with Gasteiger partial charge in [0.2, 0.25) is 0 Å². The van der Waals surface area contributed by atoms with Crippen molar-refractivity contribution < 1.29 is 4.39 Å². The number of alkyl halides is 1. The zero-order chi connectivity index (χ0) is 13.7. The van der Waals surface area contributed by atoms with Crippen molar-refractivity contribution in [2.45, 2.75) is 44.4 Å². The summed E-state index contributed by atoms with van der Waals surface area (Å²) in [6.07, 6.45) is 6.25. The van der Waals surface area contributed by atoms with Gasteiger partial charge in [-0.3, -0.25) is 0 Å². The van der Waals surface area contributed by atoms with Gasteiger partial charge in [-0.1, -0.05) is 47.8 Å². The summed E-state index contributed by atoms with van der Waals surface area (Å²) in [6, 6.07) is 5.39. The van der Waals surface area contributed by atoms with Crippen molar-refractivity contribution in [2.24, 2.45) is 5.92 Å². The minimum atomic E-state index is -0.0779. The van der Waals surface area contributed by atoms with Crippen molar-refractivity contribution in [2.75, 3.05) is 18.0 Å². The molecule has 0 spiro atoms. The highest BCUT2D eigenvalue weighted by Gasteiger charge is 2.20. The first-order chi connectivity index (χ1) is 9.26. The van der Waals surface area contributed by atoms with E-state index in [0.29, 0.717) is 0 Å². The summed E-state index contributed by atoms with van der Waals surface area (Å²) < 4.78 is 14.1. The highest BCUT2D eigenvalue weighted by Crippen LogP contribution is 2.30. The van der Waals surface area contributed by atoms with Crippen LogP contribution in [0.5, 0.6) is 0 Å². The van der Waals surface area contributed by atoms with Crippen molar-refractivity contribution in [1.29, 1.82) is 0 Å². The molecule has 1 aliphatic heterocycles. The second-order valence-electron chi connectivity index (χ2n) is 5.45. The smallest absolute Gasteiger partial charge is 0.146 e. The summed E-state index contributed by atoms with van der Waals surface area (Å²) in [7, 11) is 0. The average Bonchev–Trinajstić information content (AvgIpc) is 2.64. The molecule has 1 fully saturated rings. The predicted octanol–water partition coefficient (Wildman–Crippen LogP) is 5.13. The van der Waals surface area contributed by atoms with Crippen LogP contribution in [-0.4, -0.2) is 13.1 Å². The van der Waals surface area contributed by atoms with Gasteiger partial charge in [0.1, 0.15) is 5.82 Å². The predicted molar refractivity (Wildman–Crippen MR) is 83.5 cm³/mol. The Hall–Kier alpha value is -0.570. The third-order valence-electron chi connectivity index (χ3n) is 4.08. The lowest BCUT2D eigenvalue weighted by Gasteiger charge is -2.25. The van der Waals surface area contributed by atoms with Crippen LogP contribution >= 0.6 is 15.9 Å². The zero-order valence-electron chi connectivity index (χ0n) is 11.7. The van der Waals surface area contributed by atoms with E-state index in [2.05, 4.69) is 27.8 Å². The molecule has 2 rings (SSSR count). The molecule has 0 bridgehead atoms. The average molecular weight is 328 g/mol. The standard InChI is InChI=1S/C16H23BrFN/c1-2-5-13-6-4-10-19(11-9-13)16-14(12-17)7-3-8-15(16)18/h3,7-8,13H,2,4-6,9-12H2,1H3. The van der Waals surface area contributed by atoms with Crippen molar-refractivity contribution >= 4 is 21.6 Å². The lowest BCUT2D eigenvalue weighted by Crippen LogP contribution is -2.26. The van der Waals surface area contributed by atoms with Crippen LogP contribution in [0.25, 0.3) is 0 Å². The fourth-order valence-corrected chi connectivity index (χ4v) is 3.56. The van der Waals surface area contributed by atoms with Gasteiger partial charge in [0.05, 0.1) is 5.69 Å². The number of rotatable bonds is 4. The summed E-state index contributed by atoms with van der Waals surface area (Å²) in [6.45, 7) is 4.23. The van der Waals surface area contributed by atoms with Gasteiger partial charge >= 0.3 is 0 Å². The van der Waals surface area contributed by atoms with E-state index in [1.165, 1.54) is 32.1 Å². The van der Waals surface area contributed by atoms with E-state index in [1.54, 1.807) is 12.1 Å². The van der Waals surface area contributed by atoms with E-state index >= 15 is 0 Å². The van der Waals surface area contributed by atoms with Gasteiger partial charge in [-0.2, -0.15) is 0 Å². The molecule has 1 aliphatic rings. The Bertz CT molecular complexity index is 408. The minimum absolute atomic E-state index is 0.0779. The third-order valence-corrected chi connectivity index (χ3v) is 4.68. The maximum absolute atomic E-state index is 14.1. The number of benzene rings is 1. The van der Waals surface area contributed by atoms with Gasteiger partial charge < -0.3 is 4.90 Å². The molecule has 0 aromatic heterocycles. The fraction of sp³-hybridized carbons (Fsp3) is 0.625. The van der Waals surface area contributed by atoms with Gasteiger partial charge in [-0.05, 0) is 36.8 Å². The molecular formula is C16H23BrFN. The quantitative estimate of drug-likeness (QED) is 0.693. The van der Waals surface area contributed by atoms with Crippen LogP contribution < -0.4 is 4.90 Å². The SMILES string of the molecule is CCCC1CCCN(c2c(F)cccc2CBr)CC1. The van der Waals surface area contributed by atoms with Crippen molar-refractivity contribution in [3.05, 3.63) is 29.6 Å². The molecule has 106 valence electrons. The van der Waals surface area contributed by atoms with Crippen LogP contribution in [0.3, 0.4) is 0 Å². The first kappa shape index (κ1) is 14.8. The van der Waals surface area contributed by atoms with Crippen LogP contribution in [0.1, 0.15) is 44.6 Å². The number of hydrogen-bond donors (Lipinski definition) is 0. The molecule has 0 amide bonds.